The first-order valence-corrected chi connectivity index (χ1v) is 9.41. The Hall–Kier alpha value is 0.0500. The van der Waals surface area contributed by atoms with Crippen molar-refractivity contribution in [3.8, 4) is 0 Å². The van der Waals surface area contributed by atoms with E-state index in [0.29, 0.717) is 5.92 Å². The molecule has 2 rings (SSSR count). The lowest BCUT2D eigenvalue weighted by atomic mass is 9.86. The van der Waals surface area contributed by atoms with E-state index in [2.05, 4.69) is 16.5 Å². The highest BCUT2D eigenvalue weighted by Crippen LogP contribution is 2.34. The van der Waals surface area contributed by atoms with Crippen LogP contribution >= 0.6 is 23.7 Å². The smallest absolute Gasteiger partial charge is 0.283 e. The van der Waals surface area contributed by atoms with Crippen LogP contribution in [0.3, 0.4) is 0 Å². The SMILES string of the molecule is CC(OC1SNC(SC(=O)N(C)C)N1C)C1CCCCC1. The lowest BCUT2D eigenvalue weighted by molar-refractivity contribution is -0.0564. The predicted octanol–water partition coefficient (Wildman–Crippen LogP) is 3.14. The highest BCUT2D eigenvalue weighted by Gasteiger charge is 2.36. The Kier molecular flexibility index (Phi) is 6.68. The van der Waals surface area contributed by atoms with E-state index in [1.807, 2.05) is 7.05 Å². The van der Waals surface area contributed by atoms with Gasteiger partial charge in [-0.05, 0) is 56.4 Å². The van der Waals surface area contributed by atoms with Crippen LogP contribution in [0, 0.1) is 5.92 Å². The fourth-order valence-electron chi connectivity index (χ4n) is 2.72. The first kappa shape index (κ1) is 17.4. The molecule has 0 aromatic heterocycles. The van der Waals surface area contributed by atoms with Gasteiger partial charge in [0.1, 0.15) is 5.50 Å². The lowest BCUT2D eigenvalue weighted by Gasteiger charge is -2.31. The molecule has 5 nitrogen and oxygen atoms in total. The van der Waals surface area contributed by atoms with Crippen molar-refractivity contribution < 1.29 is 9.53 Å². The van der Waals surface area contributed by atoms with Gasteiger partial charge < -0.3 is 9.64 Å². The second-order valence-corrected chi connectivity index (χ2v) is 7.98. The summed E-state index contributed by atoms with van der Waals surface area (Å²) >= 11 is 2.86. The van der Waals surface area contributed by atoms with Gasteiger partial charge in [0.05, 0.1) is 6.10 Å². The van der Waals surface area contributed by atoms with Crippen molar-refractivity contribution in [2.45, 2.75) is 56.2 Å². The molecular weight excluding hydrogens is 306 g/mol. The molecular formula is C14H27N3O2S2. The molecule has 0 radical (unpaired) electrons. The molecule has 21 heavy (non-hydrogen) atoms. The second kappa shape index (κ2) is 8.06. The third kappa shape index (κ3) is 4.76. The number of hydrogen-bond donors (Lipinski definition) is 1. The topological polar surface area (TPSA) is 44.8 Å². The normalized spacial score (nSPS) is 29.5. The van der Waals surface area contributed by atoms with E-state index < -0.39 is 0 Å². The second-order valence-electron chi connectivity index (χ2n) is 6.08. The van der Waals surface area contributed by atoms with Gasteiger partial charge in [0, 0.05) is 14.1 Å². The number of thioether (sulfide) groups is 1. The molecule has 1 heterocycles. The monoisotopic (exact) mass is 333 g/mol. The average Bonchev–Trinajstić information content (AvgIpc) is 2.81. The first-order valence-electron chi connectivity index (χ1n) is 7.65. The van der Waals surface area contributed by atoms with E-state index in [0.717, 1.165) is 0 Å². The summed E-state index contributed by atoms with van der Waals surface area (Å²) in [6.07, 6.45) is 6.88. The number of rotatable bonds is 4. The third-order valence-corrected chi connectivity index (χ3v) is 6.59. The lowest BCUT2D eigenvalue weighted by Crippen LogP contribution is -2.38. The summed E-state index contributed by atoms with van der Waals surface area (Å²) in [7, 11) is 5.55. The summed E-state index contributed by atoms with van der Waals surface area (Å²) in [5, 5.41) is 0.0564. The average molecular weight is 334 g/mol. The zero-order chi connectivity index (χ0) is 15.4. The summed E-state index contributed by atoms with van der Waals surface area (Å²) in [6, 6.07) is 0. The zero-order valence-electron chi connectivity index (χ0n) is 13.4. The molecule has 7 heteroatoms. The van der Waals surface area contributed by atoms with Crippen LogP contribution < -0.4 is 4.72 Å². The Morgan fingerprint density at radius 3 is 2.67 bits per heavy atom. The third-order valence-electron chi connectivity index (χ3n) is 4.19. The molecule has 2 fully saturated rings. The fourth-order valence-corrected chi connectivity index (χ4v) is 4.76. The van der Waals surface area contributed by atoms with E-state index in [-0.39, 0.29) is 22.4 Å². The molecule has 0 spiro atoms. The standard InChI is InChI=1S/C14H27N3O2S2/c1-10(11-8-6-5-7-9-11)19-14-17(4)12(15-21-14)20-13(18)16(2)3/h10-12,14-15H,5-9H2,1-4H3. The quantitative estimate of drug-likeness (QED) is 0.798. The minimum absolute atomic E-state index is 0.0191. The Morgan fingerprint density at radius 2 is 2.05 bits per heavy atom. The molecule has 1 aliphatic heterocycles. The van der Waals surface area contributed by atoms with Gasteiger partial charge in [-0.15, -0.1) is 0 Å². The summed E-state index contributed by atoms with van der Waals surface area (Å²) in [5.41, 5.74) is -0.0529. The molecule has 1 N–H and O–H groups in total. The van der Waals surface area contributed by atoms with Gasteiger partial charge in [-0.2, -0.15) is 0 Å². The van der Waals surface area contributed by atoms with E-state index in [4.69, 9.17) is 4.74 Å². The van der Waals surface area contributed by atoms with Crippen molar-refractivity contribution in [1.82, 2.24) is 14.5 Å². The Morgan fingerprint density at radius 1 is 1.38 bits per heavy atom. The van der Waals surface area contributed by atoms with Crippen LogP contribution in [0.5, 0.6) is 0 Å². The van der Waals surface area contributed by atoms with Gasteiger partial charge in [-0.1, -0.05) is 19.3 Å². The zero-order valence-corrected chi connectivity index (χ0v) is 15.0. The molecule has 1 aliphatic carbocycles. The number of nitrogens with one attached hydrogen (secondary N) is 1. The highest BCUT2D eigenvalue weighted by molar-refractivity contribution is 8.14. The number of carbonyl (C=O) groups is 1. The van der Waals surface area contributed by atoms with Crippen LogP contribution in [-0.2, 0) is 4.74 Å². The number of carbonyl (C=O) groups excluding carboxylic acids is 1. The largest absolute Gasteiger partial charge is 0.349 e. The molecule has 0 bridgehead atoms. The Balaban J connectivity index is 1.80. The van der Waals surface area contributed by atoms with Gasteiger partial charge in [0.2, 0.25) is 0 Å². The molecule has 1 saturated heterocycles. The van der Waals surface area contributed by atoms with Gasteiger partial charge >= 0.3 is 0 Å². The van der Waals surface area contributed by atoms with E-state index in [9.17, 15) is 4.79 Å². The van der Waals surface area contributed by atoms with Crippen molar-refractivity contribution in [2.75, 3.05) is 21.1 Å². The summed E-state index contributed by atoms with van der Waals surface area (Å²) in [6.45, 7) is 2.19. The maximum absolute atomic E-state index is 11.8. The maximum atomic E-state index is 11.8. The molecule has 122 valence electrons. The summed E-state index contributed by atoms with van der Waals surface area (Å²) < 4.78 is 9.51. The Bertz CT molecular complexity index is 351. The molecule has 0 aromatic rings. The fraction of sp³-hybridized carbons (Fsp3) is 0.929. The molecule has 0 aromatic carbocycles. The van der Waals surface area contributed by atoms with E-state index in [1.54, 1.807) is 30.9 Å². The van der Waals surface area contributed by atoms with Crippen LogP contribution in [0.15, 0.2) is 0 Å². The maximum Gasteiger partial charge on any atom is 0.283 e. The number of nitrogens with zero attached hydrogens (tertiary/aromatic N) is 2. The molecule has 3 atom stereocenters. The van der Waals surface area contributed by atoms with Gasteiger partial charge in [-0.3, -0.25) is 4.79 Å². The van der Waals surface area contributed by atoms with Crippen molar-refractivity contribution >= 4 is 28.9 Å². The molecule has 2 aliphatic rings. The van der Waals surface area contributed by atoms with Crippen molar-refractivity contribution in [1.29, 1.82) is 0 Å². The number of hydrogen-bond acceptors (Lipinski definition) is 6. The van der Waals surface area contributed by atoms with Crippen LogP contribution in [-0.4, -0.2) is 53.3 Å². The van der Waals surface area contributed by atoms with Gasteiger partial charge in [0.25, 0.3) is 5.24 Å². The highest BCUT2D eigenvalue weighted by atomic mass is 32.2. The molecule has 1 saturated carbocycles. The first-order chi connectivity index (χ1) is 9.99. The van der Waals surface area contributed by atoms with Gasteiger partial charge in [-0.25, -0.2) is 9.62 Å². The summed E-state index contributed by atoms with van der Waals surface area (Å²) in [5.74, 6) is 0.683. The summed E-state index contributed by atoms with van der Waals surface area (Å²) in [4.78, 5) is 15.5. The number of amides is 1. The van der Waals surface area contributed by atoms with Crippen LogP contribution in [0.4, 0.5) is 4.79 Å². The Labute approximate surface area is 136 Å². The van der Waals surface area contributed by atoms with Crippen molar-refractivity contribution in [3.05, 3.63) is 0 Å². The van der Waals surface area contributed by atoms with Gasteiger partial charge in [0.15, 0.2) is 5.56 Å². The minimum atomic E-state index is -0.0338. The minimum Gasteiger partial charge on any atom is -0.349 e. The van der Waals surface area contributed by atoms with E-state index >= 15 is 0 Å². The van der Waals surface area contributed by atoms with Crippen molar-refractivity contribution in [3.63, 3.8) is 0 Å². The molecule has 3 unspecified atom stereocenters. The molecule has 1 amide bonds. The van der Waals surface area contributed by atoms with Crippen LogP contribution in [0.1, 0.15) is 39.0 Å². The van der Waals surface area contributed by atoms with Crippen LogP contribution in [0.25, 0.3) is 0 Å². The van der Waals surface area contributed by atoms with Crippen LogP contribution in [0.2, 0.25) is 0 Å². The van der Waals surface area contributed by atoms with Crippen molar-refractivity contribution in [2.24, 2.45) is 5.92 Å². The number of ether oxygens (including phenoxy) is 1. The van der Waals surface area contributed by atoms with E-state index in [1.165, 1.54) is 43.9 Å². The predicted molar refractivity (Wildman–Crippen MR) is 89.9 cm³/mol.